The van der Waals surface area contributed by atoms with E-state index in [1.807, 2.05) is 12.1 Å². The van der Waals surface area contributed by atoms with Crippen LogP contribution in [0.4, 0.5) is 0 Å². The molecule has 22 rings (SSSR count). The summed E-state index contributed by atoms with van der Waals surface area (Å²) in [7, 11) is 0. The maximum Gasteiger partial charge on any atom is 0.135 e. The average molecular weight is 1300 g/mol. The third kappa shape index (κ3) is 9.27. The minimum atomic E-state index is 0.888. The molecule has 0 spiro atoms. The molecule has 0 N–H and O–H groups in total. The van der Waals surface area contributed by atoms with Crippen LogP contribution in [0.1, 0.15) is 0 Å². The summed E-state index contributed by atoms with van der Waals surface area (Å²) < 4.78 is 25.9. The van der Waals surface area contributed by atoms with Crippen molar-refractivity contribution >= 4 is 131 Å². The number of rotatable bonds is 8. The summed E-state index contributed by atoms with van der Waals surface area (Å²) >= 11 is 0. The van der Waals surface area contributed by atoms with Gasteiger partial charge in [-0.3, -0.25) is 0 Å². The molecule has 0 bridgehead atoms. The molecule has 6 heterocycles. The number of fused-ring (bicyclic) bond motifs is 18. The Morgan fingerprint density at radius 1 is 0.137 bits per heavy atom. The van der Waals surface area contributed by atoms with Crippen molar-refractivity contribution in [2.45, 2.75) is 0 Å². The molecule has 0 fully saturated rings. The summed E-state index contributed by atoms with van der Waals surface area (Å²) in [6, 6.07) is 128. The summed E-state index contributed by atoms with van der Waals surface area (Å²) in [4.78, 5) is 0. The minimum Gasteiger partial charge on any atom is -0.456 e. The van der Waals surface area contributed by atoms with Gasteiger partial charge in [-0.25, -0.2) is 0 Å². The van der Waals surface area contributed by atoms with Gasteiger partial charge in [0.05, 0.1) is 33.1 Å². The predicted octanol–water partition coefficient (Wildman–Crippen LogP) is 26.7. The first-order chi connectivity index (χ1) is 50.5. The SMILES string of the molecule is c1cc(-c2cccc(-c3ccc4oc5ccc(-n6c7ccccc7c7ccccc76)cc5c4c3)c2)cc(-c2ccc3oc4ccccc4c3c2)c1.c1cc(-c2cccc(-n3c4ccccc4c4ccccc43)c2)cc(-c2ccc3oc4ccc(-n5c6ccccc6c6ccccc65)cc4c3c2)c1. The van der Waals surface area contributed by atoms with Crippen molar-refractivity contribution in [2.75, 3.05) is 0 Å². The Hall–Kier alpha value is -13.7. The van der Waals surface area contributed by atoms with Gasteiger partial charge in [0.1, 0.15) is 33.5 Å². The molecule has 0 aliphatic heterocycles. The first-order valence-electron chi connectivity index (χ1n) is 34.8. The second-order valence-corrected chi connectivity index (χ2v) is 26.7. The van der Waals surface area contributed by atoms with Crippen molar-refractivity contribution in [1.29, 1.82) is 0 Å². The third-order valence-corrected chi connectivity index (χ3v) is 20.9. The van der Waals surface area contributed by atoms with Crippen LogP contribution in [0.5, 0.6) is 0 Å². The zero-order chi connectivity index (χ0) is 66.9. The standard InChI is InChI=1S/C48H30N2O.C48H29NO2/c1-5-19-43-37(15-1)38-16-2-6-20-44(38)49(43)35-14-10-13-33(28-35)31-11-9-12-32(27-31)34-23-25-47-41(29-34)42-30-36(24-26-48(42)51-47)50-45-21-7-3-17-39(45)40-18-4-8-22-46(40)50;1-4-16-43-37(13-1)38-14-2-5-17-44(38)49(43)36-21-24-48-42(29-36)41-28-35(20-23-47(41)51-48)33-12-8-10-31(26-33)30-9-7-11-32(25-30)34-19-22-46-40(27-34)39-15-3-6-18-45(39)50-46/h1-30H;1-29H. The lowest BCUT2D eigenvalue weighted by molar-refractivity contribution is 0.668. The summed E-state index contributed by atoms with van der Waals surface area (Å²) in [6.07, 6.45) is 0. The fourth-order valence-corrected chi connectivity index (χ4v) is 16.1. The molecular formula is C96H59N3O3. The lowest BCUT2D eigenvalue weighted by Crippen LogP contribution is -1.94. The quantitative estimate of drug-likeness (QED) is 0.152. The van der Waals surface area contributed by atoms with Crippen LogP contribution in [0.2, 0.25) is 0 Å². The zero-order valence-corrected chi connectivity index (χ0v) is 55.1. The van der Waals surface area contributed by atoms with Crippen molar-refractivity contribution < 1.29 is 13.3 Å². The van der Waals surface area contributed by atoms with Crippen LogP contribution in [0.3, 0.4) is 0 Å². The highest BCUT2D eigenvalue weighted by molar-refractivity contribution is 6.14. The second kappa shape index (κ2) is 23.0. The van der Waals surface area contributed by atoms with Crippen LogP contribution < -0.4 is 0 Å². The lowest BCUT2D eigenvalue weighted by Gasteiger charge is -2.11. The Labute approximate surface area is 585 Å². The van der Waals surface area contributed by atoms with Gasteiger partial charge in [0.15, 0.2) is 0 Å². The highest BCUT2D eigenvalue weighted by Crippen LogP contribution is 2.43. The van der Waals surface area contributed by atoms with Crippen molar-refractivity contribution in [2.24, 2.45) is 0 Å². The largest absolute Gasteiger partial charge is 0.456 e. The highest BCUT2D eigenvalue weighted by Gasteiger charge is 2.20. The van der Waals surface area contributed by atoms with Crippen LogP contribution in [0, 0.1) is 0 Å². The van der Waals surface area contributed by atoms with Crippen LogP contribution in [-0.2, 0) is 0 Å². The van der Waals surface area contributed by atoms with Crippen LogP contribution in [0.25, 0.3) is 204 Å². The number of aromatic nitrogens is 3. The molecule has 6 aromatic heterocycles. The van der Waals surface area contributed by atoms with Crippen molar-refractivity contribution in [3.63, 3.8) is 0 Å². The first kappa shape index (κ1) is 57.4. The molecule has 102 heavy (non-hydrogen) atoms. The molecule has 6 nitrogen and oxygen atoms in total. The van der Waals surface area contributed by atoms with Gasteiger partial charge in [-0.2, -0.15) is 0 Å². The summed E-state index contributed by atoms with van der Waals surface area (Å²) in [6.45, 7) is 0. The van der Waals surface area contributed by atoms with Crippen LogP contribution in [-0.4, -0.2) is 13.7 Å². The van der Waals surface area contributed by atoms with Crippen molar-refractivity contribution in [3.05, 3.63) is 358 Å². The minimum absolute atomic E-state index is 0.888. The Kier molecular flexibility index (Phi) is 12.9. The lowest BCUT2D eigenvalue weighted by atomic mass is 9.95. The van der Waals surface area contributed by atoms with E-state index in [4.69, 9.17) is 13.3 Å². The molecule has 0 unspecified atom stereocenters. The Bertz CT molecular complexity index is 7000. The normalized spacial score (nSPS) is 11.9. The van der Waals surface area contributed by atoms with Crippen molar-refractivity contribution in [3.8, 4) is 72.7 Å². The summed E-state index contributed by atoms with van der Waals surface area (Å²) in [5, 5.41) is 14.3. The molecule has 476 valence electrons. The van der Waals surface area contributed by atoms with Gasteiger partial charge in [0, 0.05) is 81.7 Å². The second-order valence-electron chi connectivity index (χ2n) is 26.7. The molecule has 0 radical (unpaired) electrons. The van der Waals surface area contributed by atoms with Crippen molar-refractivity contribution in [1.82, 2.24) is 13.7 Å². The molecule has 0 atom stereocenters. The van der Waals surface area contributed by atoms with Crippen LogP contribution in [0.15, 0.2) is 371 Å². The number of para-hydroxylation sites is 7. The topological polar surface area (TPSA) is 54.2 Å². The van der Waals surface area contributed by atoms with Gasteiger partial charge in [-0.1, -0.05) is 212 Å². The average Bonchev–Trinajstić information content (AvgIpc) is 1.59. The van der Waals surface area contributed by atoms with E-state index in [9.17, 15) is 0 Å². The number of nitrogens with zero attached hydrogens (tertiary/aromatic N) is 3. The number of benzene rings is 16. The first-order valence-corrected chi connectivity index (χ1v) is 34.8. The maximum atomic E-state index is 6.38. The molecule has 22 aromatic rings. The van der Waals surface area contributed by atoms with E-state index < -0.39 is 0 Å². The molecule has 0 aliphatic carbocycles. The molecule has 6 heteroatoms. The molecular weight excluding hydrogens is 1240 g/mol. The number of furan rings is 3. The van der Waals surface area contributed by atoms with E-state index in [1.165, 1.54) is 110 Å². The van der Waals surface area contributed by atoms with E-state index >= 15 is 0 Å². The fourth-order valence-electron chi connectivity index (χ4n) is 16.1. The number of hydrogen-bond donors (Lipinski definition) is 0. The smallest absolute Gasteiger partial charge is 0.135 e. The molecule has 0 saturated carbocycles. The van der Waals surface area contributed by atoms with Gasteiger partial charge in [0.25, 0.3) is 0 Å². The Morgan fingerprint density at radius 2 is 0.363 bits per heavy atom. The molecule has 16 aromatic carbocycles. The number of hydrogen-bond acceptors (Lipinski definition) is 3. The molecule has 0 amide bonds. The Morgan fingerprint density at radius 3 is 0.696 bits per heavy atom. The summed E-state index contributed by atoms with van der Waals surface area (Å²) in [5.74, 6) is 0. The van der Waals surface area contributed by atoms with Crippen LogP contribution >= 0.6 is 0 Å². The predicted molar refractivity (Wildman–Crippen MR) is 425 cm³/mol. The van der Waals surface area contributed by atoms with Gasteiger partial charge in [-0.05, 0) is 201 Å². The van der Waals surface area contributed by atoms with E-state index in [-0.39, 0.29) is 0 Å². The fraction of sp³-hybridized carbons (Fsp3) is 0. The Balaban J connectivity index is 0.000000133. The van der Waals surface area contributed by atoms with Gasteiger partial charge in [-0.15, -0.1) is 0 Å². The van der Waals surface area contributed by atoms with E-state index in [2.05, 4.69) is 359 Å². The van der Waals surface area contributed by atoms with Gasteiger partial charge < -0.3 is 27.0 Å². The summed E-state index contributed by atoms with van der Waals surface area (Å²) in [5.41, 5.74) is 27.7. The van der Waals surface area contributed by atoms with E-state index in [1.54, 1.807) is 0 Å². The highest BCUT2D eigenvalue weighted by atomic mass is 16.3. The monoisotopic (exact) mass is 1300 g/mol. The van der Waals surface area contributed by atoms with Gasteiger partial charge >= 0.3 is 0 Å². The zero-order valence-electron chi connectivity index (χ0n) is 55.1. The molecule has 0 aliphatic rings. The molecule has 0 saturated heterocycles. The maximum absolute atomic E-state index is 6.38. The van der Waals surface area contributed by atoms with E-state index in [0.29, 0.717) is 0 Å². The van der Waals surface area contributed by atoms with E-state index in [0.717, 1.165) is 94.0 Å². The third-order valence-electron chi connectivity index (χ3n) is 20.9. The van der Waals surface area contributed by atoms with Gasteiger partial charge in [0.2, 0.25) is 0 Å².